The lowest BCUT2D eigenvalue weighted by atomic mass is 9.88. The van der Waals surface area contributed by atoms with Gasteiger partial charge in [-0.15, -0.1) is 0 Å². The third kappa shape index (κ3) is 3.45. The van der Waals surface area contributed by atoms with E-state index in [1.54, 1.807) is 12.4 Å². The molecule has 0 saturated heterocycles. The van der Waals surface area contributed by atoms with Crippen molar-refractivity contribution in [2.75, 3.05) is 5.32 Å². The van der Waals surface area contributed by atoms with E-state index in [0.29, 0.717) is 13.0 Å². The number of benzene rings is 1. The van der Waals surface area contributed by atoms with Crippen LogP contribution in [0.15, 0.2) is 61.1 Å². The summed E-state index contributed by atoms with van der Waals surface area (Å²) in [6, 6.07) is 14.3. The summed E-state index contributed by atoms with van der Waals surface area (Å²) < 4.78 is 1.87. The number of hydrogen-bond acceptors (Lipinski definition) is 3. The van der Waals surface area contributed by atoms with Crippen LogP contribution in [0, 0.1) is 0 Å². The molecule has 0 aliphatic carbocycles. The maximum absolute atomic E-state index is 12.2. The van der Waals surface area contributed by atoms with E-state index in [1.165, 1.54) is 5.56 Å². The zero-order valence-electron chi connectivity index (χ0n) is 13.9. The second kappa shape index (κ2) is 6.89. The van der Waals surface area contributed by atoms with Crippen molar-refractivity contribution in [3.05, 3.63) is 77.7 Å². The van der Waals surface area contributed by atoms with Gasteiger partial charge in [0.05, 0.1) is 12.7 Å². The molecule has 1 aliphatic heterocycles. The van der Waals surface area contributed by atoms with Gasteiger partial charge >= 0.3 is 0 Å². The topological polar surface area (TPSA) is 59.8 Å². The van der Waals surface area contributed by atoms with Gasteiger partial charge in [-0.25, -0.2) is 4.68 Å². The maximum atomic E-state index is 12.2. The number of nitrogens with one attached hydrogen (secondary N) is 1. The van der Waals surface area contributed by atoms with Crippen LogP contribution in [-0.2, 0) is 17.8 Å². The van der Waals surface area contributed by atoms with E-state index in [2.05, 4.69) is 39.7 Å². The number of carbonyl (C=O) groups is 1. The molecule has 3 heterocycles. The van der Waals surface area contributed by atoms with Gasteiger partial charge in [0.1, 0.15) is 5.82 Å². The standard InChI is InChI=1S/C20H20N4O/c25-19-12-17(7-6-15-4-2-1-3-5-15)18-13-22-24(20(18)23-19)14-16-8-10-21-11-9-16/h1-5,8-11,13,17H,6-7,12,14H2,(H,23,25)/t17-/m0/s1. The molecule has 5 heteroatoms. The first-order valence-electron chi connectivity index (χ1n) is 8.58. The van der Waals surface area contributed by atoms with Crippen molar-refractivity contribution in [1.82, 2.24) is 14.8 Å². The summed E-state index contributed by atoms with van der Waals surface area (Å²) in [7, 11) is 0. The molecule has 1 aromatic carbocycles. The molecule has 0 bridgehead atoms. The van der Waals surface area contributed by atoms with Gasteiger partial charge in [-0.2, -0.15) is 5.10 Å². The number of amides is 1. The lowest BCUT2D eigenvalue weighted by Gasteiger charge is -2.23. The minimum Gasteiger partial charge on any atom is -0.311 e. The molecule has 0 radical (unpaired) electrons. The Hall–Kier alpha value is -2.95. The minimum absolute atomic E-state index is 0.0713. The third-order valence-electron chi connectivity index (χ3n) is 4.70. The van der Waals surface area contributed by atoms with Crippen molar-refractivity contribution in [3.63, 3.8) is 0 Å². The second-order valence-corrected chi connectivity index (χ2v) is 6.44. The first kappa shape index (κ1) is 15.6. The second-order valence-electron chi connectivity index (χ2n) is 6.44. The van der Waals surface area contributed by atoms with Gasteiger partial charge in [0, 0.05) is 24.4 Å². The highest BCUT2D eigenvalue weighted by Crippen LogP contribution is 2.35. The first-order chi connectivity index (χ1) is 12.3. The average molecular weight is 332 g/mol. The molecule has 1 amide bonds. The Balaban J connectivity index is 1.54. The van der Waals surface area contributed by atoms with E-state index in [9.17, 15) is 4.79 Å². The summed E-state index contributed by atoms with van der Waals surface area (Å²) in [6.45, 7) is 0.629. The minimum atomic E-state index is 0.0713. The van der Waals surface area contributed by atoms with Crippen LogP contribution in [0.5, 0.6) is 0 Å². The Labute approximate surface area is 146 Å². The molecule has 2 aromatic heterocycles. The van der Waals surface area contributed by atoms with Gasteiger partial charge < -0.3 is 5.32 Å². The Morgan fingerprint density at radius 1 is 1.08 bits per heavy atom. The number of aryl methyl sites for hydroxylation is 1. The number of aromatic nitrogens is 3. The highest BCUT2D eigenvalue weighted by Gasteiger charge is 2.28. The SMILES string of the molecule is O=C1C[C@H](CCc2ccccc2)c2cnn(Cc3ccncc3)c2N1. The van der Waals surface area contributed by atoms with Crippen molar-refractivity contribution >= 4 is 11.7 Å². The summed E-state index contributed by atoms with van der Waals surface area (Å²) >= 11 is 0. The van der Waals surface area contributed by atoms with E-state index in [1.807, 2.05) is 29.1 Å². The van der Waals surface area contributed by atoms with Crippen molar-refractivity contribution in [3.8, 4) is 0 Å². The van der Waals surface area contributed by atoms with Gasteiger partial charge in [-0.05, 0) is 42.0 Å². The molecular formula is C20H20N4O. The molecule has 1 atom stereocenters. The van der Waals surface area contributed by atoms with Crippen molar-refractivity contribution < 1.29 is 4.79 Å². The summed E-state index contributed by atoms with van der Waals surface area (Å²) in [5, 5.41) is 7.52. The van der Waals surface area contributed by atoms with Crippen LogP contribution in [0.1, 0.15) is 35.4 Å². The monoisotopic (exact) mass is 332 g/mol. The van der Waals surface area contributed by atoms with Gasteiger partial charge in [-0.3, -0.25) is 9.78 Å². The van der Waals surface area contributed by atoms with Crippen molar-refractivity contribution in [2.45, 2.75) is 31.7 Å². The van der Waals surface area contributed by atoms with Crippen LogP contribution in [0.4, 0.5) is 5.82 Å². The molecule has 126 valence electrons. The van der Waals surface area contributed by atoms with Crippen molar-refractivity contribution in [1.29, 1.82) is 0 Å². The fourth-order valence-corrected chi connectivity index (χ4v) is 3.38. The molecule has 25 heavy (non-hydrogen) atoms. The highest BCUT2D eigenvalue weighted by molar-refractivity contribution is 5.93. The zero-order chi connectivity index (χ0) is 17.1. The smallest absolute Gasteiger partial charge is 0.226 e. The van der Waals surface area contributed by atoms with E-state index < -0.39 is 0 Å². The van der Waals surface area contributed by atoms with Gasteiger partial charge in [0.2, 0.25) is 5.91 Å². The predicted molar refractivity (Wildman–Crippen MR) is 96.3 cm³/mol. The van der Waals surface area contributed by atoms with Crippen LogP contribution in [0.25, 0.3) is 0 Å². The van der Waals surface area contributed by atoms with Crippen LogP contribution >= 0.6 is 0 Å². The van der Waals surface area contributed by atoms with Crippen LogP contribution in [0.2, 0.25) is 0 Å². The molecule has 5 nitrogen and oxygen atoms in total. The maximum Gasteiger partial charge on any atom is 0.226 e. The molecule has 0 spiro atoms. The van der Waals surface area contributed by atoms with Crippen molar-refractivity contribution in [2.24, 2.45) is 0 Å². The molecular weight excluding hydrogens is 312 g/mol. The quantitative estimate of drug-likeness (QED) is 0.779. The van der Waals surface area contributed by atoms with Gasteiger partial charge in [-0.1, -0.05) is 30.3 Å². The lowest BCUT2D eigenvalue weighted by Crippen LogP contribution is -2.24. The Kier molecular flexibility index (Phi) is 4.29. The van der Waals surface area contributed by atoms with Gasteiger partial charge in [0.25, 0.3) is 0 Å². The number of hydrogen-bond donors (Lipinski definition) is 1. The number of pyridine rings is 1. The molecule has 0 unspecified atom stereocenters. The van der Waals surface area contributed by atoms with E-state index >= 15 is 0 Å². The van der Waals surface area contributed by atoms with Crippen LogP contribution < -0.4 is 5.32 Å². The fourth-order valence-electron chi connectivity index (χ4n) is 3.38. The van der Waals surface area contributed by atoms with E-state index in [0.717, 1.165) is 29.8 Å². The fraction of sp³-hybridized carbons (Fsp3) is 0.250. The summed E-state index contributed by atoms with van der Waals surface area (Å²) in [5.74, 6) is 1.13. The predicted octanol–water partition coefficient (Wildman–Crippen LogP) is 3.39. The Morgan fingerprint density at radius 3 is 2.68 bits per heavy atom. The number of rotatable bonds is 5. The number of nitrogens with zero attached hydrogens (tertiary/aromatic N) is 3. The molecule has 1 aliphatic rings. The summed E-state index contributed by atoms with van der Waals surface area (Å²) in [4.78, 5) is 16.2. The zero-order valence-corrected chi connectivity index (χ0v) is 13.9. The molecule has 0 fully saturated rings. The summed E-state index contributed by atoms with van der Waals surface area (Å²) in [6.07, 6.45) is 7.89. The van der Waals surface area contributed by atoms with Crippen LogP contribution in [-0.4, -0.2) is 20.7 Å². The molecule has 3 aromatic rings. The first-order valence-corrected chi connectivity index (χ1v) is 8.58. The number of anilines is 1. The number of carbonyl (C=O) groups excluding carboxylic acids is 1. The Bertz CT molecular complexity index is 858. The van der Waals surface area contributed by atoms with Gasteiger partial charge in [0.15, 0.2) is 0 Å². The highest BCUT2D eigenvalue weighted by atomic mass is 16.1. The third-order valence-corrected chi connectivity index (χ3v) is 4.70. The molecule has 0 saturated carbocycles. The van der Waals surface area contributed by atoms with Crippen LogP contribution in [0.3, 0.4) is 0 Å². The largest absolute Gasteiger partial charge is 0.311 e. The normalized spacial score (nSPS) is 16.3. The lowest BCUT2D eigenvalue weighted by molar-refractivity contribution is -0.116. The summed E-state index contributed by atoms with van der Waals surface area (Å²) in [5.41, 5.74) is 3.56. The Morgan fingerprint density at radius 2 is 1.88 bits per heavy atom. The van der Waals surface area contributed by atoms with E-state index in [-0.39, 0.29) is 11.8 Å². The molecule has 1 N–H and O–H groups in total. The number of fused-ring (bicyclic) bond motifs is 1. The van der Waals surface area contributed by atoms with E-state index in [4.69, 9.17) is 0 Å². The average Bonchev–Trinajstić information content (AvgIpc) is 3.04. The molecule has 4 rings (SSSR count).